The zero-order valence-corrected chi connectivity index (χ0v) is 16.5. The number of imidazole rings is 1. The first-order valence-electron chi connectivity index (χ1n) is 8.68. The first-order chi connectivity index (χ1) is 13.3. The van der Waals surface area contributed by atoms with Crippen molar-refractivity contribution in [1.29, 1.82) is 0 Å². The SMILES string of the molecule is COc1ccc(-c2nc3c(COCc4ccccc4)cccn3c2Br)cc1. The molecule has 0 atom stereocenters. The van der Waals surface area contributed by atoms with Crippen LogP contribution in [0.2, 0.25) is 0 Å². The largest absolute Gasteiger partial charge is 0.497 e. The van der Waals surface area contributed by atoms with Crippen LogP contribution in [0.1, 0.15) is 11.1 Å². The van der Waals surface area contributed by atoms with E-state index in [-0.39, 0.29) is 0 Å². The summed E-state index contributed by atoms with van der Waals surface area (Å²) in [7, 11) is 1.66. The molecule has 0 amide bonds. The maximum Gasteiger partial charge on any atom is 0.143 e. The van der Waals surface area contributed by atoms with Gasteiger partial charge in [-0.2, -0.15) is 0 Å². The Morgan fingerprint density at radius 2 is 1.70 bits per heavy atom. The van der Waals surface area contributed by atoms with Crippen molar-refractivity contribution in [3.8, 4) is 17.0 Å². The van der Waals surface area contributed by atoms with Crippen molar-refractivity contribution < 1.29 is 9.47 Å². The second kappa shape index (κ2) is 7.94. The van der Waals surface area contributed by atoms with Gasteiger partial charge in [-0.3, -0.25) is 4.40 Å². The van der Waals surface area contributed by atoms with Crippen molar-refractivity contribution in [3.05, 3.63) is 88.7 Å². The highest BCUT2D eigenvalue weighted by Crippen LogP contribution is 2.31. The van der Waals surface area contributed by atoms with Crippen molar-refractivity contribution in [2.24, 2.45) is 0 Å². The number of hydrogen-bond acceptors (Lipinski definition) is 3. The van der Waals surface area contributed by atoms with Gasteiger partial charge in [0.15, 0.2) is 0 Å². The fraction of sp³-hybridized carbons (Fsp3) is 0.136. The molecule has 0 fully saturated rings. The van der Waals surface area contributed by atoms with Gasteiger partial charge in [0.05, 0.1) is 20.3 Å². The molecule has 0 unspecified atom stereocenters. The molecule has 0 aliphatic rings. The van der Waals surface area contributed by atoms with Gasteiger partial charge in [-0.25, -0.2) is 4.98 Å². The van der Waals surface area contributed by atoms with E-state index in [0.717, 1.165) is 38.4 Å². The van der Waals surface area contributed by atoms with Crippen molar-refractivity contribution in [2.45, 2.75) is 13.2 Å². The smallest absolute Gasteiger partial charge is 0.143 e. The number of pyridine rings is 1. The van der Waals surface area contributed by atoms with Gasteiger partial charge < -0.3 is 9.47 Å². The molecule has 0 bridgehead atoms. The Labute approximate surface area is 166 Å². The van der Waals surface area contributed by atoms with E-state index in [9.17, 15) is 0 Å². The van der Waals surface area contributed by atoms with Crippen LogP contribution in [0.15, 0.2) is 77.5 Å². The average Bonchev–Trinajstić information content (AvgIpc) is 3.06. The number of rotatable bonds is 6. The Morgan fingerprint density at radius 1 is 0.926 bits per heavy atom. The Bertz CT molecular complexity index is 1040. The van der Waals surface area contributed by atoms with Crippen LogP contribution in [0.4, 0.5) is 0 Å². The zero-order valence-electron chi connectivity index (χ0n) is 14.9. The van der Waals surface area contributed by atoms with Crippen LogP contribution in [0.25, 0.3) is 16.9 Å². The molecule has 27 heavy (non-hydrogen) atoms. The van der Waals surface area contributed by atoms with Crippen LogP contribution >= 0.6 is 15.9 Å². The minimum Gasteiger partial charge on any atom is -0.497 e. The number of ether oxygens (including phenoxy) is 2. The van der Waals surface area contributed by atoms with Crippen LogP contribution in [0.5, 0.6) is 5.75 Å². The lowest BCUT2D eigenvalue weighted by Crippen LogP contribution is -1.97. The molecule has 0 aliphatic heterocycles. The number of halogens is 1. The van der Waals surface area contributed by atoms with Gasteiger partial charge in [0.25, 0.3) is 0 Å². The molecule has 4 aromatic rings. The molecule has 4 nitrogen and oxygen atoms in total. The van der Waals surface area contributed by atoms with E-state index >= 15 is 0 Å². The summed E-state index contributed by atoms with van der Waals surface area (Å²) in [6, 6.07) is 22.1. The number of methoxy groups -OCH3 is 1. The molecular formula is C22H19BrN2O2. The number of hydrogen-bond donors (Lipinski definition) is 0. The zero-order chi connectivity index (χ0) is 18.6. The van der Waals surface area contributed by atoms with Crippen LogP contribution < -0.4 is 4.74 Å². The molecule has 0 radical (unpaired) electrons. The molecule has 0 saturated heterocycles. The summed E-state index contributed by atoms with van der Waals surface area (Å²) >= 11 is 3.69. The van der Waals surface area contributed by atoms with Gasteiger partial charge in [0.2, 0.25) is 0 Å². The summed E-state index contributed by atoms with van der Waals surface area (Å²) in [6.45, 7) is 1.08. The Morgan fingerprint density at radius 3 is 2.44 bits per heavy atom. The second-order valence-electron chi connectivity index (χ2n) is 6.19. The lowest BCUT2D eigenvalue weighted by Gasteiger charge is -2.06. The van der Waals surface area contributed by atoms with Gasteiger partial charge in [-0.1, -0.05) is 36.4 Å². The lowest BCUT2D eigenvalue weighted by molar-refractivity contribution is 0.107. The summed E-state index contributed by atoms with van der Waals surface area (Å²) in [5.41, 5.74) is 5.03. The fourth-order valence-electron chi connectivity index (χ4n) is 2.99. The third-order valence-corrected chi connectivity index (χ3v) is 5.16. The Hall–Kier alpha value is -2.63. The maximum absolute atomic E-state index is 5.91. The number of nitrogens with zero attached hydrogens (tertiary/aromatic N) is 2. The summed E-state index contributed by atoms with van der Waals surface area (Å²) in [5, 5.41) is 0. The first-order valence-corrected chi connectivity index (χ1v) is 9.47. The molecule has 136 valence electrons. The number of fused-ring (bicyclic) bond motifs is 1. The van der Waals surface area contributed by atoms with Gasteiger partial charge >= 0.3 is 0 Å². The van der Waals surface area contributed by atoms with E-state index in [1.165, 1.54) is 0 Å². The molecule has 5 heteroatoms. The van der Waals surface area contributed by atoms with Gasteiger partial charge in [-0.15, -0.1) is 0 Å². The predicted molar refractivity (Wildman–Crippen MR) is 110 cm³/mol. The quantitative estimate of drug-likeness (QED) is 0.412. The molecule has 2 aromatic heterocycles. The second-order valence-corrected chi connectivity index (χ2v) is 6.94. The molecule has 2 heterocycles. The first kappa shape index (κ1) is 17.8. The third kappa shape index (κ3) is 3.75. The van der Waals surface area contributed by atoms with Crippen LogP contribution in [-0.2, 0) is 18.0 Å². The lowest BCUT2D eigenvalue weighted by atomic mass is 10.2. The normalized spacial score (nSPS) is 11.0. The van der Waals surface area contributed by atoms with Crippen molar-refractivity contribution in [1.82, 2.24) is 9.38 Å². The topological polar surface area (TPSA) is 35.8 Å². The summed E-state index contributed by atoms with van der Waals surface area (Å²) < 4.78 is 14.1. The van der Waals surface area contributed by atoms with Crippen LogP contribution in [0, 0.1) is 0 Å². The minimum absolute atomic E-state index is 0.505. The molecule has 0 N–H and O–H groups in total. The Kier molecular flexibility index (Phi) is 5.23. The maximum atomic E-state index is 5.91. The summed E-state index contributed by atoms with van der Waals surface area (Å²) in [5.74, 6) is 0.827. The van der Waals surface area contributed by atoms with Gasteiger partial charge in [0, 0.05) is 17.3 Å². The molecule has 0 saturated carbocycles. The summed E-state index contributed by atoms with van der Waals surface area (Å²) in [6.07, 6.45) is 2.00. The molecule has 0 spiro atoms. The molecule has 2 aromatic carbocycles. The van der Waals surface area contributed by atoms with Gasteiger partial charge in [0.1, 0.15) is 21.7 Å². The molecular weight excluding hydrogens is 404 g/mol. The monoisotopic (exact) mass is 422 g/mol. The predicted octanol–water partition coefficient (Wildman–Crippen LogP) is 5.49. The van der Waals surface area contributed by atoms with Crippen molar-refractivity contribution >= 4 is 21.6 Å². The third-order valence-electron chi connectivity index (χ3n) is 4.41. The van der Waals surface area contributed by atoms with E-state index in [4.69, 9.17) is 14.5 Å². The minimum atomic E-state index is 0.505. The standard InChI is InChI=1S/C22H19BrN2O2/c1-26-19-11-9-17(10-12-19)20-21(23)25-13-5-8-18(22(25)24-20)15-27-14-16-6-3-2-4-7-16/h2-13H,14-15H2,1H3. The average molecular weight is 423 g/mol. The fourth-order valence-corrected chi connectivity index (χ4v) is 3.60. The van der Waals surface area contributed by atoms with Crippen LogP contribution in [-0.4, -0.2) is 16.5 Å². The molecule has 0 aliphatic carbocycles. The van der Waals surface area contributed by atoms with Gasteiger partial charge in [-0.05, 0) is 51.8 Å². The number of benzene rings is 2. The van der Waals surface area contributed by atoms with Crippen LogP contribution in [0.3, 0.4) is 0 Å². The van der Waals surface area contributed by atoms with Crippen molar-refractivity contribution in [2.75, 3.05) is 7.11 Å². The van der Waals surface area contributed by atoms with E-state index in [2.05, 4.69) is 34.1 Å². The molecule has 4 rings (SSSR count). The highest BCUT2D eigenvalue weighted by molar-refractivity contribution is 9.10. The number of aromatic nitrogens is 2. The van der Waals surface area contributed by atoms with E-state index in [1.54, 1.807) is 7.11 Å². The van der Waals surface area contributed by atoms with Crippen molar-refractivity contribution in [3.63, 3.8) is 0 Å². The highest BCUT2D eigenvalue weighted by Gasteiger charge is 2.14. The van der Waals surface area contributed by atoms with E-state index in [0.29, 0.717) is 13.2 Å². The van der Waals surface area contributed by atoms with E-state index in [1.807, 2.05) is 59.1 Å². The highest BCUT2D eigenvalue weighted by atomic mass is 79.9. The Balaban J connectivity index is 1.60. The van der Waals surface area contributed by atoms with E-state index < -0.39 is 0 Å². The summed E-state index contributed by atoms with van der Waals surface area (Å²) in [4.78, 5) is 4.86.